The van der Waals surface area contributed by atoms with Crippen LogP contribution in [0, 0.1) is 6.92 Å². The van der Waals surface area contributed by atoms with Crippen molar-refractivity contribution in [1.29, 1.82) is 0 Å². The molecule has 1 unspecified atom stereocenters. The minimum Gasteiger partial charge on any atom is -0.497 e. The second-order valence-corrected chi connectivity index (χ2v) is 11.0. The van der Waals surface area contributed by atoms with Crippen molar-refractivity contribution in [2.24, 2.45) is 0 Å². The van der Waals surface area contributed by atoms with Gasteiger partial charge in [0.1, 0.15) is 5.75 Å². The third-order valence-corrected chi connectivity index (χ3v) is 8.52. The van der Waals surface area contributed by atoms with E-state index in [4.69, 9.17) is 4.74 Å². The van der Waals surface area contributed by atoms with E-state index in [0.717, 1.165) is 37.4 Å². The minimum absolute atomic E-state index is 0.0638. The van der Waals surface area contributed by atoms with Crippen molar-refractivity contribution in [1.82, 2.24) is 14.7 Å². The van der Waals surface area contributed by atoms with Crippen molar-refractivity contribution in [3.63, 3.8) is 0 Å². The first-order valence-electron chi connectivity index (χ1n) is 13.1. The van der Waals surface area contributed by atoms with Crippen molar-refractivity contribution in [2.45, 2.75) is 38.8 Å². The predicted octanol–water partition coefficient (Wildman–Crippen LogP) is 4.66. The Labute approximate surface area is 223 Å². The maximum Gasteiger partial charge on any atom is 0.223 e. The summed E-state index contributed by atoms with van der Waals surface area (Å²) in [4.78, 5) is 34.0. The maximum atomic E-state index is 13.4. The van der Waals surface area contributed by atoms with E-state index >= 15 is 0 Å². The largest absolute Gasteiger partial charge is 0.497 e. The van der Waals surface area contributed by atoms with Crippen LogP contribution in [-0.4, -0.2) is 66.3 Å². The Morgan fingerprint density at radius 1 is 0.892 bits per heavy atom. The summed E-state index contributed by atoms with van der Waals surface area (Å²) < 4.78 is 5.24. The van der Waals surface area contributed by atoms with Gasteiger partial charge in [0.25, 0.3) is 0 Å². The van der Waals surface area contributed by atoms with Gasteiger partial charge in [0.15, 0.2) is 0 Å². The number of carbonyl (C=O) groups excluding carboxylic acids is 2. The first kappa shape index (κ1) is 25.5. The Bertz CT molecular complexity index is 1210. The van der Waals surface area contributed by atoms with Crippen LogP contribution in [0.1, 0.15) is 46.0 Å². The number of ether oxygens (including phenoxy) is 1. The molecular formula is C30H35N3O3S. The Kier molecular flexibility index (Phi) is 7.91. The van der Waals surface area contributed by atoms with Gasteiger partial charge in [-0.05, 0) is 53.6 Å². The molecule has 2 aromatic carbocycles. The maximum absolute atomic E-state index is 13.4. The molecule has 1 fully saturated rings. The Balaban J connectivity index is 1.15. The summed E-state index contributed by atoms with van der Waals surface area (Å²) in [6.07, 6.45) is 1.41. The molecule has 0 radical (unpaired) electrons. The van der Waals surface area contributed by atoms with Crippen LogP contribution in [0.15, 0.2) is 60.0 Å². The summed E-state index contributed by atoms with van der Waals surface area (Å²) in [6, 6.07) is 18.7. The number of nitrogens with zero attached hydrogens (tertiary/aromatic N) is 3. The molecule has 2 aliphatic heterocycles. The molecule has 1 atom stereocenters. The molecule has 0 N–H and O–H groups in total. The fraction of sp³-hybridized carbons (Fsp3) is 0.400. The van der Waals surface area contributed by atoms with Crippen molar-refractivity contribution >= 4 is 23.2 Å². The zero-order valence-electron chi connectivity index (χ0n) is 21.7. The van der Waals surface area contributed by atoms with Crippen LogP contribution in [0.25, 0.3) is 0 Å². The van der Waals surface area contributed by atoms with E-state index in [1.165, 1.54) is 21.6 Å². The summed E-state index contributed by atoms with van der Waals surface area (Å²) in [7, 11) is 1.67. The molecule has 3 heterocycles. The van der Waals surface area contributed by atoms with Crippen molar-refractivity contribution in [3.05, 3.63) is 87.1 Å². The molecule has 194 valence electrons. The Hall–Kier alpha value is -3.16. The zero-order chi connectivity index (χ0) is 25.8. The summed E-state index contributed by atoms with van der Waals surface area (Å²) in [5.41, 5.74) is 4.81. The highest BCUT2D eigenvalue weighted by molar-refractivity contribution is 7.10. The molecule has 3 aromatic rings. The molecule has 6 nitrogen and oxygen atoms in total. The van der Waals surface area contributed by atoms with E-state index in [1.54, 1.807) is 18.4 Å². The lowest BCUT2D eigenvalue weighted by Crippen LogP contribution is -2.48. The van der Waals surface area contributed by atoms with Crippen LogP contribution in [0.3, 0.4) is 0 Å². The lowest BCUT2D eigenvalue weighted by atomic mass is 9.92. The molecule has 0 saturated carbocycles. The highest BCUT2D eigenvalue weighted by atomic mass is 32.1. The summed E-state index contributed by atoms with van der Waals surface area (Å²) in [6.45, 7) is 6.73. The van der Waals surface area contributed by atoms with Crippen LogP contribution < -0.4 is 4.74 Å². The standard InChI is InChI=1S/C30H35N3O3S/c1-22-3-7-24(8-4-22)30-26-14-20-37-27(26)13-15-33(30)29(35)12-11-28(34)32-18-16-31(17-19-32)21-23-5-9-25(36-2)10-6-23/h3-10,14,20,30H,11-13,15-19,21H2,1-2H3. The first-order chi connectivity index (χ1) is 18.0. The number of thiophene rings is 1. The van der Waals surface area contributed by atoms with Gasteiger partial charge in [0, 0.05) is 57.0 Å². The first-order valence-corrected chi connectivity index (χ1v) is 13.9. The minimum atomic E-state index is -0.0697. The van der Waals surface area contributed by atoms with E-state index in [-0.39, 0.29) is 30.7 Å². The van der Waals surface area contributed by atoms with Crippen LogP contribution in [-0.2, 0) is 22.6 Å². The molecule has 1 aromatic heterocycles. The number of carbonyl (C=O) groups is 2. The van der Waals surface area contributed by atoms with Gasteiger partial charge in [0.05, 0.1) is 13.2 Å². The van der Waals surface area contributed by atoms with Gasteiger partial charge in [-0.2, -0.15) is 0 Å². The van der Waals surface area contributed by atoms with Crippen molar-refractivity contribution < 1.29 is 14.3 Å². The molecule has 37 heavy (non-hydrogen) atoms. The normalized spacial score (nSPS) is 17.9. The van der Waals surface area contributed by atoms with Crippen LogP contribution in [0.2, 0.25) is 0 Å². The van der Waals surface area contributed by atoms with E-state index in [2.05, 4.69) is 59.7 Å². The molecule has 1 saturated heterocycles. The van der Waals surface area contributed by atoms with E-state index < -0.39 is 0 Å². The smallest absolute Gasteiger partial charge is 0.223 e. The van der Waals surface area contributed by atoms with Gasteiger partial charge in [-0.1, -0.05) is 42.0 Å². The molecular weight excluding hydrogens is 482 g/mol. The number of fused-ring (bicyclic) bond motifs is 1. The molecule has 2 aliphatic rings. The van der Waals surface area contributed by atoms with Gasteiger partial charge in [-0.3, -0.25) is 14.5 Å². The van der Waals surface area contributed by atoms with Gasteiger partial charge in [-0.15, -0.1) is 11.3 Å². The number of benzene rings is 2. The van der Waals surface area contributed by atoms with Crippen LogP contribution in [0.4, 0.5) is 0 Å². The number of piperazine rings is 1. The van der Waals surface area contributed by atoms with E-state index in [1.807, 2.05) is 21.9 Å². The number of aryl methyl sites for hydroxylation is 1. The number of amides is 2. The predicted molar refractivity (Wildman–Crippen MR) is 147 cm³/mol. The van der Waals surface area contributed by atoms with Crippen LogP contribution >= 0.6 is 11.3 Å². The molecule has 7 heteroatoms. The van der Waals surface area contributed by atoms with Gasteiger partial charge >= 0.3 is 0 Å². The average Bonchev–Trinajstić information content (AvgIpc) is 3.41. The Morgan fingerprint density at radius 2 is 1.59 bits per heavy atom. The highest BCUT2D eigenvalue weighted by Crippen LogP contribution is 2.38. The van der Waals surface area contributed by atoms with Gasteiger partial charge in [-0.25, -0.2) is 0 Å². The Morgan fingerprint density at radius 3 is 2.30 bits per heavy atom. The third kappa shape index (κ3) is 5.89. The summed E-state index contributed by atoms with van der Waals surface area (Å²) in [5, 5.41) is 2.12. The molecule has 0 aliphatic carbocycles. The second-order valence-electron chi connectivity index (χ2n) is 9.95. The highest BCUT2D eigenvalue weighted by Gasteiger charge is 2.33. The van der Waals surface area contributed by atoms with E-state index in [0.29, 0.717) is 19.6 Å². The number of rotatable bonds is 7. The summed E-state index contributed by atoms with van der Waals surface area (Å²) >= 11 is 1.77. The molecule has 0 spiro atoms. The second kappa shape index (κ2) is 11.5. The SMILES string of the molecule is COc1ccc(CN2CCN(C(=O)CCC(=O)N3CCc4sccc4C3c3ccc(C)cc3)CC2)cc1. The van der Waals surface area contributed by atoms with Crippen molar-refractivity contribution in [2.75, 3.05) is 39.8 Å². The summed E-state index contributed by atoms with van der Waals surface area (Å²) in [5.74, 6) is 1.01. The number of methoxy groups -OCH3 is 1. The fourth-order valence-corrected chi connectivity index (χ4v) is 6.26. The lowest BCUT2D eigenvalue weighted by molar-refractivity contribution is -0.139. The van der Waals surface area contributed by atoms with Gasteiger partial charge in [0.2, 0.25) is 11.8 Å². The third-order valence-electron chi connectivity index (χ3n) is 7.52. The lowest BCUT2D eigenvalue weighted by Gasteiger charge is -2.37. The number of hydrogen-bond donors (Lipinski definition) is 0. The average molecular weight is 518 g/mol. The topological polar surface area (TPSA) is 53.1 Å². The van der Waals surface area contributed by atoms with Crippen molar-refractivity contribution in [3.8, 4) is 5.75 Å². The van der Waals surface area contributed by atoms with Crippen LogP contribution in [0.5, 0.6) is 5.75 Å². The zero-order valence-corrected chi connectivity index (χ0v) is 22.5. The van der Waals surface area contributed by atoms with Gasteiger partial charge < -0.3 is 14.5 Å². The molecule has 0 bridgehead atoms. The van der Waals surface area contributed by atoms with E-state index in [9.17, 15) is 9.59 Å². The quantitative estimate of drug-likeness (QED) is 0.457. The molecule has 5 rings (SSSR count). The monoisotopic (exact) mass is 517 g/mol. The fourth-order valence-electron chi connectivity index (χ4n) is 5.35. The molecule has 2 amide bonds. The number of hydrogen-bond acceptors (Lipinski definition) is 5.